The average Bonchev–Trinajstić information content (AvgIpc) is 2.54. The molecule has 1 atom stereocenters. The third-order valence-corrected chi connectivity index (χ3v) is 3.37. The zero-order chi connectivity index (χ0) is 16.8. The van der Waals surface area contributed by atoms with Gasteiger partial charge in [-0.05, 0) is 48.9 Å². The lowest BCUT2D eigenvalue weighted by Gasteiger charge is -2.15. The van der Waals surface area contributed by atoms with Crippen LogP contribution in [0.15, 0.2) is 48.5 Å². The Bertz CT molecular complexity index is 684. The molecule has 23 heavy (non-hydrogen) atoms. The molecule has 0 saturated heterocycles. The van der Waals surface area contributed by atoms with E-state index in [-0.39, 0.29) is 24.3 Å². The molecule has 120 valence electrons. The summed E-state index contributed by atoms with van der Waals surface area (Å²) < 4.78 is 12.9. The molecule has 0 spiro atoms. The van der Waals surface area contributed by atoms with E-state index in [4.69, 9.17) is 5.73 Å². The molecule has 0 aliphatic heterocycles. The van der Waals surface area contributed by atoms with Crippen LogP contribution < -0.4 is 16.4 Å². The van der Waals surface area contributed by atoms with Gasteiger partial charge in [-0.25, -0.2) is 4.39 Å². The van der Waals surface area contributed by atoms with E-state index in [9.17, 15) is 14.0 Å². The predicted octanol–water partition coefficient (Wildman–Crippen LogP) is 2.21. The lowest BCUT2D eigenvalue weighted by molar-refractivity contribution is -0.120. The maximum Gasteiger partial charge on any atom is 0.248 e. The van der Waals surface area contributed by atoms with Gasteiger partial charge in [-0.1, -0.05) is 12.1 Å². The Morgan fingerprint density at radius 1 is 1.09 bits per heavy atom. The van der Waals surface area contributed by atoms with Crippen LogP contribution in [0.25, 0.3) is 0 Å². The van der Waals surface area contributed by atoms with Crippen molar-refractivity contribution in [3.63, 3.8) is 0 Å². The predicted molar refractivity (Wildman–Crippen MR) is 86.4 cm³/mol. The fourth-order valence-corrected chi connectivity index (χ4v) is 2.06. The number of nitrogens with one attached hydrogen (secondary N) is 2. The summed E-state index contributed by atoms with van der Waals surface area (Å²) in [5.74, 6) is -1.00. The highest BCUT2D eigenvalue weighted by atomic mass is 19.1. The van der Waals surface area contributed by atoms with Gasteiger partial charge in [0.1, 0.15) is 5.82 Å². The summed E-state index contributed by atoms with van der Waals surface area (Å²) in [4.78, 5) is 22.9. The summed E-state index contributed by atoms with van der Waals surface area (Å²) >= 11 is 0. The van der Waals surface area contributed by atoms with Crippen molar-refractivity contribution in [3.8, 4) is 0 Å². The average molecular weight is 315 g/mol. The highest BCUT2D eigenvalue weighted by Crippen LogP contribution is 2.13. The number of hydrogen-bond acceptors (Lipinski definition) is 3. The SMILES string of the molecule is CC(NC(=O)CNc1ccc(C(N)=O)cc1)c1ccc(F)cc1. The Balaban J connectivity index is 1.84. The Kier molecular flexibility index (Phi) is 5.30. The minimum absolute atomic E-state index is 0.0848. The van der Waals surface area contributed by atoms with Crippen molar-refractivity contribution in [2.24, 2.45) is 5.73 Å². The van der Waals surface area contributed by atoms with Crippen LogP contribution >= 0.6 is 0 Å². The van der Waals surface area contributed by atoms with E-state index in [0.717, 1.165) is 5.56 Å². The smallest absolute Gasteiger partial charge is 0.248 e. The van der Waals surface area contributed by atoms with Crippen LogP contribution in [0, 0.1) is 5.82 Å². The van der Waals surface area contributed by atoms with Crippen molar-refractivity contribution in [2.75, 3.05) is 11.9 Å². The molecule has 2 aromatic carbocycles. The summed E-state index contributed by atoms with van der Waals surface area (Å²) in [6.07, 6.45) is 0. The fourth-order valence-electron chi connectivity index (χ4n) is 2.06. The van der Waals surface area contributed by atoms with E-state index in [1.807, 2.05) is 6.92 Å². The van der Waals surface area contributed by atoms with Gasteiger partial charge < -0.3 is 16.4 Å². The first-order chi connectivity index (χ1) is 11.0. The normalized spacial score (nSPS) is 11.6. The maximum absolute atomic E-state index is 12.9. The van der Waals surface area contributed by atoms with Gasteiger partial charge in [0.15, 0.2) is 0 Å². The largest absolute Gasteiger partial charge is 0.376 e. The van der Waals surface area contributed by atoms with E-state index in [1.54, 1.807) is 36.4 Å². The summed E-state index contributed by atoms with van der Waals surface area (Å²) in [6.45, 7) is 1.91. The number of rotatable bonds is 6. The first-order valence-corrected chi connectivity index (χ1v) is 7.14. The molecule has 1 unspecified atom stereocenters. The molecule has 0 radical (unpaired) electrons. The molecule has 0 aliphatic carbocycles. The number of amides is 2. The van der Waals surface area contributed by atoms with Gasteiger partial charge in [0, 0.05) is 11.3 Å². The van der Waals surface area contributed by atoms with Crippen LogP contribution in [0.5, 0.6) is 0 Å². The van der Waals surface area contributed by atoms with Crippen LogP contribution in [-0.4, -0.2) is 18.4 Å². The third kappa shape index (κ3) is 4.81. The van der Waals surface area contributed by atoms with Gasteiger partial charge in [0.05, 0.1) is 12.6 Å². The van der Waals surface area contributed by atoms with Crippen LogP contribution in [0.4, 0.5) is 10.1 Å². The molecule has 0 fully saturated rings. The standard InChI is InChI=1S/C17H18FN3O2/c1-11(12-2-6-14(18)7-3-12)21-16(22)10-20-15-8-4-13(5-9-15)17(19)23/h2-9,11,20H,10H2,1H3,(H2,19,23)(H,21,22). The van der Waals surface area contributed by atoms with Crippen molar-refractivity contribution in [3.05, 3.63) is 65.5 Å². The molecule has 0 aromatic heterocycles. The molecule has 6 heteroatoms. The van der Waals surface area contributed by atoms with Crippen molar-refractivity contribution in [1.82, 2.24) is 5.32 Å². The number of anilines is 1. The molecular formula is C17H18FN3O2. The monoisotopic (exact) mass is 315 g/mol. The van der Waals surface area contributed by atoms with Crippen LogP contribution in [0.3, 0.4) is 0 Å². The molecule has 4 N–H and O–H groups in total. The van der Waals surface area contributed by atoms with Crippen LogP contribution in [0.1, 0.15) is 28.9 Å². The quantitative estimate of drug-likeness (QED) is 0.764. The Hall–Kier alpha value is -2.89. The number of benzene rings is 2. The molecule has 2 rings (SSSR count). The van der Waals surface area contributed by atoms with Gasteiger partial charge >= 0.3 is 0 Å². The number of halogens is 1. The molecule has 2 amide bonds. The van der Waals surface area contributed by atoms with Crippen LogP contribution in [0.2, 0.25) is 0 Å². The van der Waals surface area contributed by atoms with Gasteiger partial charge in [-0.2, -0.15) is 0 Å². The second kappa shape index (κ2) is 7.40. The molecule has 2 aromatic rings. The minimum atomic E-state index is -0.498. The zero-order valence-electron chi connectivity index (χ0n) is 12.7. The maximum atomic E-state index is 12.9. The van der Waals surface area contributed by atoms with E-state index in [2.05, 4.69) is 10.6 Å². The summed E-state index contributed by atoms with van der Waals surface area (Å²) in [7, 11) is 0. The third-order valence-electron chi connectivity index (χ3n) is 3.37. The number of hydrogen-bond donors (Lipinski definition) is 3. The van der Waals surface area contributed by atoms with Gasteiger partial charge in [0.2, 0.25) is 11.8 Å². The second-order valence-electron chi connectivity index (χ2n) is 5.14. The molecule has 5 nitrogen and oxygen atoms in total. The van der Waals surface area contributed by atoms with Crippen molar-refractivity contribution in [2.45, 2.75) is 13.0 Å². The van der Waals surface area contributed by atoms with Gasteiger partial charge in [-0.3, -0.25) is 9.59 Å². The number of carbonyl (C=O) groups excluding carboxylic acids is 2. The summed E-state index contributed by atoms with van der Waals surface area (Å²) in [6, 6.07) is 12.3. The topological polar surface area (TPSA) is 84.2 Å². The number of carbonyl (C=O) groups is 2. The number of nitrogens with two attached hydrogens (primary N) is 1. The lowest BCUT2D eigenvalue weighted by atomic mass is 10.1. The Morgan fingerprint density at radius 2 is 1.70 bits per heavy atom. The minimum Gasteiger partial charge on any atom is -0.376 e. The highest BCUT2D eigenvalue weighted by molar-refractivity contribution is 5.93. The molecule has 0 saturated carbocycles. The van der Waals surface area contributed by atoms with Crippen LogP contribution in [-0.2, 0) is 4.79 Å². The van der Waals surface area contributed by atoms with Gasteiger partial charge in [0.25, 0.3) is 0 Å². The van der Waals surface area contributed by atoms with Crippen molar-refractivity contribution in [1.29, 1.82) is 0 Å². The van der Waals surface area contributed by atoms with Crippen molar-refractivity contribution < 1.29 is 14.0 Å². The summed E-state index contributed by atoms with van der Waals surface area (Å²) in [5, 5.41) is 5.77. The lowest BCUT2D eigenvalue weighted by Crippen LogP contribution is -2.32. The van der Waals surface area contributed by atoms with E-state index in [0.29, 0.717) is 11.3 Å². The van der Waals surface area contributed by atoms with E-state index in [1.165, 1.54) is 12.1 Å². The summed E-state index contributed by atoms with van der Waals surface area (Å²) in [5.41, 5.74) is 7.10. The number of primary amides is 1. The Labute approximate surface area is 133 Å². The van der Waals surface area contributed by atoms with Crippen molar-refractivity contribution >= 4 is 17.5 Å². The first kappa shape index (κ1) is 16.5. The molecular weight excluding hydrogens is 297 g/mol. The fraction of sp³-hybridized carbons (Fsp3) is 0.176. The Morgan fingerprint density at radius 3 is 2.26 bits per heavy atom. The highest BCUT2D eigenvalue weighted by Gasteiger charge is 2.09. The van der Waals surface area contributed by atoms with E-state index >= 15 is 0 Å². The molecule has 0 bridgehead atoms. The zero-order valence-corrected chi connectivity index (χ0v) is 12.7. The molecule has 0 heterocycles. The van der Waals surface area contributed by atoms with E-state index < -0.39 is 5.91 Å². The van der Waals surface area contributed by atoms with Gasteiger partial charge in [-0.15, -0.1) is 0 Å². The molecule has 0 aliphatic rings. The second-order valence-corrected chi connectivity index (χ2v) is 5.14. The first-order valence-electron chi connectivity index (χ1n) is 7.14.